The molecule has 0 spiro atoms. The third kappa shape index (κ3) is 5.44. The van der Waals surface area contributed by atoms with Gasteiger partial charge in [-0.3, -0.25) is 4.99 Å². The molecule has 0 saturated heterocycles. The summed E-state index contributed by atoms with van der Waals surface area (Å²) >= 11 is 1.74. The largest absolute Gasteiger partial charge is 0.356 e. The third-order valence-corrected chi connectivity index (χ3v) is 5.34. The number of hydrogen-bond donors (Lipinski definition) is 2. The van der Waals surface area contributed by atoms with Crippen LogP contribution in [0.2, 0.25) is 0 Å². The monoisotopic (exact) mass is 381 g/mol. The van der Waals surface area contributed by atoms with Crippen molar-refractivity contribution >= 4 is 17.3 Å². The van der Waals surface area contributed by atoms with Gasteiger partial charge in [0.05, 0.1) is 0 Å². The van der Waals surface area contributed by atoms with Gasteiger partial charge in [0, 0.05) is 39.1 Å². The van der Waals surface area contributed by atoms with Crippen molar-refractivity contribution in [3.05, 3.63) is 76.0 Å². The molecule has 3 rings (SSSR count). The van der Waals surface area contributed by atoms with Gasteiger partial charge in [0.15, 0.2) is 5.96 Å². The average molecular weight is 382 g/mol. The SMILES string of the molecule is CN=C(NCc1cccc(Cn2ccnc2C)c1)NCC(C)c1ccsc1. The fourth-order valence-corrected chi connectivity index (χ4v) is 3.72. The van der Waals surface area contributed by atoms with Crippen molar-refractivity contribution in [2.24, 2.45) is 4.99 Å². The zero-order valence-electron chi connectivity index (χ0n) is 16.1. The molecule has 0 fully saturated rings. The van der Waals surface area contributed by atoms with Gasteiger partial charge in [0.25, 0.3) is 0 Å². The number of nitrogens with zero attached hydrogens (tertiary/aromatic N) is 3. The summed E-state index contributed by atoms with van der Waals surface area (Å²) < 4.78 is 2.15. The maximum atomic E-state index is 4.34. The Hall–Kier alpha value is -2.60. The first-order chi connectivity index (χ1) is 13.2. The smallest absolute Gasteiger partial charge is 0.191 e. The zero-order valence-corrected chi connectivity index (χ0v) is 17.0. The van der Waals surface area contributed by atoms with Crippen LogP contribution < -0.4 is 10.6 Å². The summed E-state index contributed by atoms with van der Waals surface area (Å²) in [6.07, 6.45) is 3.86. The van der Waals surface area contributed by atoms with E-state index in [9.17, 15) is 0 Å². The molecule has 0 aliphatic carbocycles. The van der Waals surface area contributed by atoms with Crippen molar-refractivity contribution in [1.29, 1.82) is 0 Å². The van der Waals surface area contributed by atoms with E-state index in [1.54, 1.807) is 11.3 Å². The molecule has 0 bridgehead atoms. The second kappa shape index (κ2) is 9.37. The van der Waals surface area contributed by atoms with Crippen molar-refractivity contribution in [3.8, 4) is 0 Å². The predicted octanol–water partition coefficient (Wildman–Crippen LogP) is 3.77. The Morgan fingerprint density at radius 3 is 2.81 bits per heavy atom. The first kappa shape index (κ1) is 19.2. The minimum absolute atomic E-state index is 0.455. The highest BCUT2D eigenvalue weighted by atomic mass is 32.1. The van der Waals surface area contributed by atoms with Gasteiger partial charge in [0.2, 0.25) is 0 Å². The van der Waals surface area contributed by atoms with Crippen molar-refractivity contribution in [2.45, 2.75) is 32.9 Å². The summed E-state index contributed by atoms with van der Waals surface area (Å²) in [5, 5.41) is 11.2. The second-order valence-corrected chi connectivity index (χ2v) is 7.47. The van der Waals surface area contributed by atoms with E-state index in [4.69, 9.17) is 0 Å². The molecule has 142 valence electrons. The fourth-order valence-electron chi connectivity index (χ4n) is 2.93. The van der Waals surface area contributed by atoms with E-state index >= 15 is 0 Å². The maximum Gasteiger partial charge on any atom is 0.191 e. The Balaban J connectivity index is 1.52. The van der Waals surface area contributed by atoms with E-state index in [0.29, 0.717) is 5.92 Å². The number of rotatable bonds is 7. The summed E-state index contributed by atoms with van der Waals surface area (Å²) in [4.78, 5) is 8.62. The number of aromatic nitrogens is 2. The highest BCUT2D eigenvalue weighted by Gasteiger charge is 2.07. The van der Waals surface area contributed by atoms with E-state index in [1.165, 1.54) is 16.7 Å². The summed E-state index contributed by atoms with van der Waals surface area (Å²) in [7, 11) is 1.81. The van der Waals surface area contributed by atoms with Crippen LogP contribution in [0.1, 0.15) is 35.4 Å². The lowest BCUT2D eigenvalue weighted by molar-refractivity contribution is 0.700. The van der Waals surface area contributed by atoms with Gasteiger partial charge >= 0.3 is 0 Å². The molecule has 6 heteroatoms. The van der Waals surface area contributed by atoms with E-state index in [-0.39, 0.29) is 0 Å². The molecule has 2 N–H and O–H groups in total. The molecule has 1 unspecified atom stereocenters. The molecule has 2 heterocycles. The average Bonchev–Trinajstić information content (AvgIpc) is 3.35. The molecule has 3 aromatic rings. The fraction of sp³-hybridized carbons (Fsp3) is 0.333. The van der Waals surface area contributed by atoms with Crippen LogP contribution in [-0.2, 0) is 13.1 Å². The van der Waals surface area contributed by atoms with Crippen LogP contribution in [0.4, 0.5) is 0 Å². The number of nitrogens with one attached hydrogen (secondary N) is 2. The van der Waals surface area contributed by atoms with Gasteiger partial charge in [-0.2, -0.15) is 11.3 Å². The minimum Gasteiger partial charge on any atom is -0.356 e. The summed E-state index contributed by atoms with van der Waals surface area (Å²) in [6.45, 7) is 6.69. The van der Waals surface area contributed by atoms with Crippen molar-refractivity contribution in [2.75, 3.05) is 13.6 Å². The van der Waals surface area contributed by atoms with Crippen molar-refractivity contribution < 1.29 is 0 Å². The minimum atomic E-state index is 0.455. The molecule has 1 atom stereocenters. The van der Waals surface area contributed by atoms with E-state index < -0.39 is 0 Å². The normalized spacial score (nSPS) is 12.8. The lowest BCUT2D eigenvalue weighted by Gasteiger charge is -2.16. The molecule has 0 radical (unpaired) electrons. The van der Waals surface area contributed by atoms with Crippen LogP contribution in [0.15, 0.2) is 58.5 Å². The van der Waals surface area contributed by atoms with Crippen molar-refractivity contribution in [3.63, 3.8) is 0 Å². The number of guanidine groups is 1. The van der Waals surface area contributed by atoms with Gasteiger partial charge < -0.3 is 15.2 Å². The van der Waals surface area contributed by atoms with Gasteiger partial charge in [0.1, 0.15) is 5.82 Å². The van der Waals surface area contributed by atoms with E-state index in [2.05, 4.69) is 73.2 Å². The zero-order chi connectivity index (χ0) is 19.1. The number of aliphatic imine (C=N–C) groups is 1. The standard InChI is InChI=1S/C21H27N5S/c1-16(20-7-10-27-15-20)12-24-21(22-3)25-13-18-5-4-6-19(11-18)14-26-9-8-23-17(26)2/h4-11,15-16H,12-14H2,1-3H3,(H2,22,24,25). The van der Waals surface area contributed by atoms with Crippen LogP contribution in [0, 0.1) is 6.92 Å². The first-order valence-corrected chi connectivity index (χ1v) is 10.1. The number of imidazole rings is 1. The molecule has 0 saturated carbocycles. The summed E-state index contributed by atoms with van der Waals surface area (Å²) in [6, 6.07) is 10.8. The number of benzene rings is 1. The van der Waals surface area contributed by atoms with E-state index in [0.717, 1.165) is 31.4 Å². The molecule has 0 amide bonds. The van der Waals surface area contributed by atoms with Gasteiger partial charge in [-0.1, -0.05) is 31.2 Å². The Bertz CT molecular complexity index is 866. The molecule has 2 aromatic heterocycles. The Morgan fingerprint density at radius 1 is 1.26 bits per heavy atom. The van der Waals surface area contributed by atoms with Gasteiger partial charge in [-0.15, -0.1) is 0 Å². The lowest BCUT2D eigenvalue weighted by Crippen LogP contribution is -2.38. The molecule has 27 heavy (non-hydrogen) atoms. The summed E-state index contributed by atoms with van der Waals surface area (Å²) in [5.41, 5.74) is 3.87. The maximum absolute atomic E-state index is 4.34. The summed E-state index contributed by atoms with van der Waals surface area (Å²) in [5.74, 6) is 2.31. The van der Waals surface area contributed by atoms with Crippen molar-refractivity contribution in [1.82, 2.24) is 20.2 Å². The Labute approximate surface area is 165 Å². The highest BCUT2D eigenvalue weighted by molar-refractivity contribution is 7.07. The van der Waals surface area contributed by atoms with E-state index in [1.807, 2.05) is 26.4 Å². The number of aryl methyl sites for hydroxylation is 1. The molecular formula is C21H27N5S. The molecule has 1 aromatic carbocycles. The third-order valence-electron chi connectivity index (χ3n) is 4.64. The molecule has 5 nitrogen and oxygen atoms in total. The topological polar surface area (TPSA) is 54.2 Å². The Kier molecular flexibility index (Phi) is 6.65. The second-order valence-electron chi connectivity index (χ2n) is 6.69. The number of hydrogen-bond acceptors (Lipinski definition) is 3. The Morgan fingerprint density at radius 2 is 2.11 bits per heavy atom. The van der Waals surface area contributed by atoms with Crippen LogP contribution in [0.25, 0.3) is 0 Å². The predicted molar refractivity (Wildman–Crippen MR) is 113 cm³/mol. The first-order valence-electron chi connectivity index (χ1n) is 9.18. The van der Waals surface area contributed by atoms with Gasteiger partial charge in [-0.05, 0) is 46.4 Å². The quantitative estimate of drug-likeness (QED) is 0.484. The van der Waals surface area contributed by atoms with Crippen LogP contribution in [0.3, 0.4) is 0 Å². The lowest BCUT2D eigenvalue weighted by atomic mass is 10.1. The van der Waals surface area contributed by atoms with Gasteiger partial charge in [-0.25, -0.2) is 4.98 Å². The molecular weight excluding hydrogens is 354 g/mol. The molecule has 0 aliphatic rings. The van der Waals surface area contributed by atoms with Crippen LogP contribution >= 0.6 is 11.3 Å². The van der Waals surface area contributed by atoms with Crippen LogP contribution in [-0.4, -0.2) is 29.1 Å². The molecule has 0 aliphatic heterocycles. The highest BCUT2D eigenvalue weighted by Crippen LogP contribution is 2.17. The van der Waals surface area contributed by atoms with Crippen LogP contribution in [0.5, 0.6) is 0 Å². The number of thiophene rings is 1.